The molecule has 2 N–H and O–H groups in total. The average Bonchev–Trinajstić information content (AvgIpc) is 3.14. The zero-order valence-corrected chi connectivity index (χ0v) is 21.9. The van der Waals surface area contributed by atoms with Gasteiger partial charge in [-0.25, -0.2) is 9.97 Å². The van der Waals surface area contributed by atoms with Crippen LogP contribution in [0.2, 0.25) is 0 Å². The maximum absolute atomic E-state index is 13.5. The van der Waals surface area contributed by atoms with E-state index in [1.807, 2.05) is 43.3 Å². The minimum absolute atomic E-state index is 0.00543. The van der Waals surface area contributed by atoms with Crippen LogP contribution in [0.5, 0.6) is 0 Å². The fourth-order valence-electron chi connectivity index (χ4n) is 4.94. The fourth-order valence-corrected chi connectivity index (χ4v) is 5.25. The number of aromatic amines is 1. The van der Waals surface area contributed by atoms with Crippen molar-refractivity contribution in [2.24, 2.45) is 5.41 Å². The molecule has 9 heteroatoms. The van der Waals surface area contributed by atoms with Crippen LogP contribution in [-0.2, 0) is 16.0 Å². The molecule has 1 aliphatic carbocycles. The number of rotatable bonds is 6. The van der Waals surface area contributed by atoms with Crippen molar-refractivity contribution in [3.63, 3.8) is 0 Å². The molecule has 1 saturated heterocycles. The van der Waals surface area contributed by atoms with Crippen molar-refractivity contribution in [1.82, 2.24) is 25.1 Å². The highest BCUT2D eigenvalue weighted by Gasteiger charge is 2.64. The Kier molecular flexibility index (Phi) is 5.99. The Labute approximate surface area is 213 Å². The van der Waals surface area contributed by atoms with Gasteiger partial charge in [-0.2, -0.15) is 5.10 Å². The lowest BCUT2D eigenvalue weighted by Crippen LogP contribution is -2.46. The summed E-state index contributed by atoms with van der Waals surface area (Å²) in [6.45, 7) is 8.17. The SMILES string of the molecule is Cc1ccc(Br)nc1NC(=O)[C@@H]1C[C@@]2(C)C[C@H]2N1C(=O)Cc1cccc(-c2n[nH]c(C(C)C)n2)c1. The van der Waals surface area contributed by atoms with Crippen LogP contribution in [0, 0.1) is 12.3 Å². The van der Waals surface area contributed by atoms with Crippen molar-refractivity contribution in [2.75, 3.05) is 5.32 Å². The third-order valence-electron chi connectivity index (χ3n) is 7.12. The fraction of sp³-hybridized carbons (Fsp3) is 0.423. The monoisotopic (exact) mass is 536 g/mol. The maximum Gasteiger partial charge on any atom is 0.248 e. The number of nitrogens with one attached hydrogen (secondary N) is 2. The van der Waals surface area contributed by atoms with Crippen molar-refractivity contribution in [1.29, 1.82) is 0 Å². The molecule has 1 saturated carbocycles. The molecule has 2 aliphatic rings. The number of pyridine rings is 1. The van der Waals surface area contributed by atoms with Crippen LogP contribution in [-0.4, -0.2) is 49.0 Å². The van der Waals surface area contributed by atoms with Crippen LogP contribution >= 0.6 is 15.9 Å². The number of amides is 2. The number of halogens is 1. The molecule has 3 heterocycles. The number of likely N-dealkylation sites (tertiary alicyclic amines) is 1. The number of carbonyl (C=O) groups is 2. The molecule has 5 rings (SSSR count). The summed E-state index contributed by atoms with van der Waals surface area (Å²) in [5.41, 5.74) is 2.62. The molecule has 1 aliphatic heterocycles. The van der Waals surface area contributed by atoms with E-state index in [-0.39, 0.29) is 35.6 Å². The summed E-state index contributed by atoms with van der Waals surface area (Å²) in [7, 11) is 0. The summed E-state index contributed by atoms with van der Waals surface area (Å²) < 4.78 is 0.652. The van der Waals surface area contributed by atoms with E-state index >= 15 is 0 Å². The third kappa shape index (κ3) is 4.61. The molecule has 35 heavy (non-hydrogen) atoms. The first-order valence-electron chi connectivity index (χ1n) is 11.9. The van der Waals surface area contributed by atoms with Gasteiger partial charge in [0.1, 0.15) is 22.3 Å². The van der Waals surface area contributed by atoms with Gasteiger partial charge >= 0.3 is 0 Å². The van der Waals surface area contributed by atoms with E-state index in [1.54, 1.807) is 4.90 Å². The molecule has 8 nitrogen and oxygen atoms in total. The second-order valence-electron chi connectivity index (χ2n) is 10.3. The van der Waals surface area contributed by atoms with E-state index in [9.17, 15) is 9.59 Å². The maximum atomic E-state index is 13.5. The van der Waals surface area contributed by atoms with Crippen LogP contribution in [0.15, 0.2) is 41.0 Å². The first-order valence-corrected chi connectivity index (χ1v) is 12.7. The van der Waals surface area contributed by atoms with Crippen LogP contribution < -0.4 is 5.32 Å². The molecule has 2 aromatic heterocycles. The highest BCUT2D eigenvalue weighted by atomic mass is 79.9. The van der Waals surface area contributed by atoms with Gasteiger partial charge in [-0.3, -0.25) is 14.7 Å². The van der Waals surface area contributed by atoms with E-state index in [2.05, 4.69) is 62.2 Å². The average molecular weight is 537 g/mol. The predicted molar refractivity (Wildman–Crippen MR) is 137 cm³/mol. The minimum Gasteiger partial charge on any atom is -0.327 e. The molecule has 0 unspecified atom stereocenters. The lowest BCUT2D eigenvalue weighted by atomic mass is 10.0. The van der Waals surface area contributed by atoms with Gasteiger partial charge in [0.15, 0.2) is 5.82 Å². The number of aromatic nitrogens is 4. The lowest BCUT2D eigenvalue weighted by Gasteiger charge is -2.27. The smallest absolute Gasteiger partial charge is 0.248 e. The summed E-state index contributed by atoms with van der Waals surface area (Å²) in [6.07, 6.45) is 1.82. The number of benzene rings is 1. The lowest BCUT2D eigenvalue weighted by molar-refractivity contribution is -0.137. The van der Waals surface area contributed by atoms with E-state index in [0.29, 0.717) is 22.7 Å². The number of hydrogen-bond donors (Lipinski definition) is 2. The standard InChI is InChI=1S/C26H29BrN6O2/c1-14(2)22-29-24(32-31-22)17-7-5-6-16(10-17)11-21(34)33-18(12-26(4)13-19(26)33)25(35)30-23-15(3)8-9-20(27)28-23/h5-10,14,18-19H,11-13H2,1-4H3,(H,28,30,35)(H,29,31,32)/t18-,19+,26-/m0/s1. The highest BCUT2D eigenvalue weighted by molar-refractivity contribution is 9.10. The molecule has 1 aromatic carbocycles. The zero-order valence-electron chi connectivity index (χ0n) is 20.3. The van der Waals surface area contributed by atoms with E-state index in [0.717, 1.165) is 28.9 Å². The Bertz CT molecular complexity index is 1300. The van der Waals surface area contributed by atoms with Crippen molar-refractivity contribution in [2.45, 2.75) is 65.0 Å². The number of anilines is 1. The molecule has 0 spiro atoms. The molecule has 2 amide bonds. The Morgan fingerprint density at radius 2 is 2.03 bits per heavy atom. The van der Waals surface area contributed by atoms with Gasteiger partial charge in [-0.1, -0.05) is 45.0 Å². The van der Waals surface area contributed by atoms with Crippen molar-refractivity contribution in [3.8, 4) is 11.4 Å². The zero-order chi connectivity index (χ0) is 24.9. The number of piperidine rings is 1. The topological polar surface area (TPSA) is 104 Å². The number of aryl methyl sites for hydroxylation is 1. The predicted octanol–water partition coefficient (Wildman–Crippen LogP) is 4.62. The quantitative estimate of drug-likeness (QED) is 0.447. The Morgan fingerprint density at radius 1 is 1.23 bits per heavy atom. The van der Waals surface area contributed by atoms with Gasteiger partial charge in [-0.15, -0.1) is 0 Å². The molecule has 3 aromatic rings. The van der Waals surface area contributed by atoms with Crippen molar-refractivity contribution >= 4 is 33.6 Å². The second kappa shape index (κ2) is 8.86. The van der Waals surface area contributed by atoms with Crippen LogP contribution in [0.25, 0.3) is 11.4 Å². The molecular formula is C26H29BrN6O2. The van der Waals surface area contributed by atoms with Gasteiger partial charge in [-0.05, 0) is 64.4 Å². The Balaban J connectivity index is 1.33. The Morgan fingerprint density at radius 3 is 2.77 bits per heavy atom. The summed E-state index contributed by atoms with van der Waals surface area (Å²) in [5, 5.41) is 10.3. The van der Waals surface area contributed by atoms with Gasteiger partial charge in [0.2, 0.25) is 11.8 Å². The number of fused-ring (bicyclic) bond motifs is 1. The molecule has 0 radical (unpaired) electrons. The molecular weight excluding hydrogens is 508 g/mol. The Hall–Kier alpha value is -3.07. The van der Waals surface area contributed by atoms with Gasteiger partial charge < -0.3 is 10.2 Å². The number of H-pyrrole nitrogens is 1. The van der Waals surface area contributed by atoms with Gasteiger partial charge in [0.05, 0.1) is 6.42 Å². The largest absolute Gasteiger partial charge is 0.327 e. The van der Waals surface area contributed by atoms with E-state index < -0.39 is 6.04 Å². The van der Waals surface area contributed by atoms with Gasteiger partial charge in [0, 0.05) is 17.5 Å². The molecule has 0 bridgehead atoms. The van der Waals surface area contributed by atoms with Crippen LogP contribution in [0.1, 0.15) is 56.5 Å². The summed E-state index contributed by atoms with van der Waals surface area (Å²) in [4.78, 5) is 37.5. The first-order chi connectivity index (χ1) is 16.6. The van der Waals surface area contributed by atoms with E-state index in [4.69, 9.17) is 0 Å². The second-order valence-corrected chi connectivity index (χ2v) is 11.1. The molecule has 2 fully saturated rings. The van der Waals surface area contributed by atoms with Crippen molar-refractivity contribution < 1.29 is 9.59 Å². The number of nitrogens with zero attached hydrogens (tertiary/aromatic N) is 4. The van der Waals surface area contributed by atoms with Gasteiger partial charge in [0.25, 0.3) is 0 Å². The normalized spacial score (nSPS) is 22.9. The number of hydrogen-bond acceptors (Lipinski definition) is 5. The summed E-state index contributed by atoms with van der Waals surface area (Å²) in [6, 6.07) is 11.1. The minimum atomic E-state index is -0.503. The van der Waals surface area contributed by atoms with Crippen LogP contribution in [0.3, 0.4) is 0 Å². The summed E-state index contributed by atoms with van der Waals surface area (Å²) in [5.74, 6) is 2.00. The highest BCUT2D eigenvalue weighted by Crippen LogP contribution is 2.59. The number of carbonyl (C=O) groups excluding carboxylic acids is 2. The molecule has 3 atom stereocenters. The third-order valence-corrected chi connectivity index (χ3v) is 7.56. The first kappa shape index (κ1) is 23.7. The van der Waals surface area contributed by atoms with Crippen LogP contribution in [0.4, 0.5) is 5.82 Å². The van der Waals surface area contributed by atoms with Crippen molar-refractivity contribution in [3.05, 3.63) is 58.0 Å². The molecule has 182 valence electrons. The van der Waals surface area contributed by atoms with E-state index in [1.165, 1.54) is 0 Å². The summed E-state index contributed by atoms with van der Waals surface area (Å²) >= 11 is 3.36.